The van der Waals surface area contributed by atoms with Crippen LogP contribution in [0.2, 0.25) is 10.0 Å². The van der Waals surface area contributed by atoms with Gasteiger partial charge in [-0.25, -0.2) is 4.79 Å². The van der Waals surface area contributed by atoms with Crippen LogP contribution in [0.5, 0.6) is 0 Å². The number of hydrogen-bond acceptors (Lipinski definition) is 3. The van der Waals surface area contributed by atoms with Crippen LogP contribution >= 0.6 is 23.2 Å². The lowest BCUT2D eigenvalue weighted by Crippen LogP contribution is -2.42. The van der Waals surface area contributed by atoms with Crippen molar-refractivity contribution in [2.24, 2.45) is 5.16 Å². The summed E-state index contributed by atoms with van der Waals surface area (Å²) in [6.07, 6.45) is -5.67. The monoisotopic (exact) mass is 467 g/mol. The second-order valence-electron chi connectivity index (χ2n) is 6.70. The van der Waals surface area contributed by atoms with Crippen LogP contribution in [-0.2, 0) is 21.2 Å². The van der Waals surface area contributed by atoms with E-state index in [4.69, 9.17) is 33.1 Å². The van der Waals surface area contributed by atoms with Crippen LogP contribution in [-0.4, -0.2) is 23.0 Å². The van der Waals surface area contributed by atoms with Crippen LogP contribution in [0.4, 0.5) is 22.0 Å². The Labute approximate surface area is 176 Å². The van der Waals surface area contributed by atoms with Gasteiger partial charge in [0, 0.05) is 27.6 Å². The summed E-state index contributed by atoms with van der Waals surface area (Å²) in [6, 6.07) is 6.41. The van der Waals surface area contributed by atoms with E-state index in [1.54, 1.807) is 0 Å². The maximum Gasteiger partial charge on any atom is 0.435 e. The minimum absolute atomic E-state index is 0.0331. The summed E-state index contributed by atoms with van der Waals surface area (Å²) in [5.74, 6) is -6.49. The largest absolute Gasteiger partial charge is 0.477 e. The van der Waals surface area contributed by atoms with E-state index < -0.39 is 35.7 Å². The van der Waals surface area contributed by atoms with E-state index in [9.17, 15) is 26.7 Å². The Morgan fingerprint density at radius 2 is 1.70 bits per heavy atom. The van der Waals surface area contributed by atoms with Gasteiger partial charge in [0.2, 0.25) is 0 Å². The fourth-order valence-corrected chi connectivity index (χ4v) is 3.68. The maximum absolute atomic E-state index is 14.0. The summed E-state index contributed by atoms with van der Waals surface area (Å²) in [4.78, 5) is 15.6. The van der Waals surface area contributed by atoms with E-state index in [0.29, 0.717) is 0 Å². The Bertz CT molecular complexity index is 1030. The Hall–Kier alpha value is -2.39. The third-order valence-electron chi connectivity index (χ3n) is 4.68. The zero-order chi connectivity index (χ0) is 22.5. The van der Waals surface area contributed by atoms with Crippen LogP contribution in [0.15, 0.2) is 41.6 Å². The molecule has 160 valence electrons. The van der Waals surface area contributed by atoms with Crippen LogP contribution in [0, 0.1) is 6.92 Å². The van der Waals surface area contributed by atoms with Crippen molar-refractivity contribution in [3.8, 4) is 0 Å². The zero-order valence-electron chi connectivity index (χ0n) is 15.0. The highest BCUT2D eigenvalue weighted by Gasteiger charge is 2.62. The number of carbonyl (C=O) groups is 1. The molecule has 1 unspecified atom stereocenters. The predicted molar refractivity (Wildman–Crippen MR) is 99.1 cm³/mol. The van der Waals surface area contributed by atoms with Gasteiger partial charge >= 0.3 is 18.1 Å². The number of hydrogen-bond donors (Lipinski definition) is 1. The molecular formula is C19H12Cl2F5NO3. The van der Waals surface area contributed by atoms with Gasteiger partial charge in [0.15, 0.2) is 0 Å². The van der Waals surface area contributed by atoms with Crippen molar-refractivity contribution in [1.29, 1.82) is 0 Å². The summed E-state index contributed by atoms with van der Waals surface area (Å²) in [7, 11) is 0. The zero-order valence-corrected chi connectivity index (χ0v) is 16.5. The molecule has 0 aliphatic carbocycles. The molecule has 0 spiro atoms. The lowest BCUT2D eigenvalue weighted by atomic mass is 9.86. The molecule has 0 bridgehead atoms. The van der Waals surface area contributed by atoms with Gasteiger partial charge in [-0.3, -0.25) is 0 Å². The molecule has 0 aromatic heterocycles. The summed E-state index contributed by atoms with van der Waals surface area (Å²) >= 11 is 11.7. The number of nitrogens with zero attached hydrogens (tertiary/aromatic N) is 1. The second kappa shape index (κ2) is 7.39. The molecule has 11 heteroatoms. The van der Waals surface area contributed by atoms with Crippen molar-refractivity contribution in [1.82, 2.24) is 0 Å². The topological polar surface area (TPSA) is 58.9 Å². The van der Waals surface area contributed by atoms with E-state index >= 15 is 0 Å². The highest BCUT2D eigenvalue weighted by atomic mass is 35.5. The van der Waals surface area contributed by atoms with E-state index in [1.165, 1.54) is 13.0 Å². The first kappa shape index (κ1) is 22.3. The normalized spacial score (nSPS) is 19.4. The van der Waals surface area contributed by atoms with E-state index in [2.05, 4.69) is 5.16 Å². The molecule has 0 fully saturated rings. The molecule has 30 heavy (non-hydrogen) atoms. The Balaban J connectivity index is 2.01. The highest BCUT2D eigenvalue weighted by molar-refractivity contribution is 6.34. The second-order valence-corrected chi connectivity index (χ2v) is 7.57. The summed E-state index contributed by atoms with van der Waals surface area (Å²) in [6.45, 7) is 1.22. The number of rotatable bonds is 4. The van der Waals surface area contributed by atoms with Crippen molar-refractivity contribution >= 4 is 34.9 Å². The standard InChI is InChI=1S/C19H12Cl2F5NO3/c1-9-4-10(2-3-14(9)18(22,23)16(28)29)15-8-17(30-27-15,19(24,25)26)11-5-12(20)7-13(21)6-11/h2-7H,8H2,1H3,(H,28,29). The van der Waals surface area contributed by atoms with Crippen LogP contribution < -0.4 is 0 Å². The molecule has 2 aromatic carbocycles. The van der Waals surface area contributed by atoms with Gasteiger partial charge in [-0.2, -0.15) is 22.0 Å². The first-order valence-electron chi connectivity index (χ1n) is 8.29. The molecule has 3 rings (SSSR count). The van der Waals surface area contributed by atoms with E-state index in [0.717, 1.165) is 30.3 Å². The molecule has 0 saturated heterocycles. The van der Waals surface area contributed by atoms with Gasteiger partial charge in [-0.1, -0.05) is 40.5 Å². The fourth-order valence-electron chi connectivity index (χ4n) is 3.16. The average Bonchev–Trinajstić information content (AvgIpc) is 3.07. The summed E-state index contributed by atoms with van der Waals surface area (Å²) < 4.78 is 69.6. The smallest absolute Gasteiger partial charge is 0.435 e. The van der Waals surface area contributed by atoms with Gasteiger partial charge in [0.05, 0.1) is 5.71 Å². The summed E-state index contributed by atoms with van der Waals surface area (Å²) in [5, 5.41) is 12.2. The number of carboxylic acid groups (broad SMARTS) is 1. The molecule has 1 atom stereocenters. The van der Waals surface area contributed by atoms with E-state index in [-0.39, 0.29) is 32.4 Å². The summed E-state index contributed by atoms with van der Waals surface area (Å²) in [5.41, 5.74) is -4.21. The molecular weight excluding hydrogens is 456 g/mol. The van der Waals surface area contributed by atoms with Gasteiger partial charge in [-0.15, -0.1) is 0 Å². The Kier molecular flexibility index (Phi) is 5.49. The molecule has 0 saturated carbocycles. The molecule has 1 N–H and O–H groups in total. The minimum atomic E-state index is -4.91. The first-order valence-corrected chi connectivity index (χ1v) is 9.04. The number of alkyl halides is 5. The van der Waals surface area contributed by atoms with Crippen LogP contribution in [0.25, 0.3) is 0 Å². The Morgan fingerprint density at radius 3 is 2.20 bits per heavy atom. The SMILES string of the molecule is Cc1cc(C2=NOC(c3cc(Cl)cc(Cl)c3)(C(F)(F)F)C2)ccc1C(F)(F)C(=O)O. The number of halogens is 7. The van der Waals surface area contributed by atoms with Crippen LogP contribution in [0.3, 0.4) is 0 Å². The number of carboxylic acids is 1. The third kappa shape index (κ3) is 3.72. The molecule has 1 aliphatic heterocycles. The molecule has 4 nitrogen and oxygen atoms in total. The lowest BCUT2D eigenvalue weighted by molar-refractivity contribution is -0.275. The number of aliphatic carboxylic acids is 1. The quantitative estimate of drug-likeness (QED) is 0.555. The predicted octanol–water partition coefficient (Wildman–Crippen LogP) is 6.06. The number of aryl methyl sites for hydroxylation is 1. The van der Waals surface area contributed by atoms with Gasteiger partial charge in [-0.05, 0) is 42.3 Å². The lowest BCUT2D eigenvalue weighted by Gasteiger charge is -2.29. The number of benzene rings is 2. The Morgan fingerprint density at radius 1 is 1.10 bits per heavy atom. The number of oxime groups is 1. The van der Waals surface area contributed by atoms with Gasteiger partial charge < -0.3 is 9.94 Å². The van der Waals surface area contributed by atoms with Crippen molar-refractivity contribution < 1.29 is 36.7 Å². The average molecular weight is 468 g/mol. The van der Waals surface area contributed by atoms with Gasteiger partial charge in [0.1, 0.15) is 0 Å². The molecule has 0 amide bonds. The fraction of sp³-hybridized carbons (Fsp3) is 0.263. The van der Waals surface area contributed by atoms with Crippen LogP contribution in [0.1, 0.15) is 28.7 Å². The van der Waals surface area contributed by atoms with E-state index in [1.807, 2.05) is 0 Å². The molecule has 2 aromatic rings. The van der Waals surface area contributed by atoms with Crippen molar-refractivity contribution in [2.45, 2.75) is 31.0 Å². The molecule has 0 radical (unpaired) electrons. The minimum Gasteiger partial charge on any atom is -0.477 e. The molecule has 1 aliphatic rings. The highest BCUT2D eigenvalue weighted by Crippen LogP contribution is 2.49. The maximum atomic E-state index is 14.0. The first-order chi connectivity index (χ1) is 13.8. The molecule has 1 heterocycles. The van der Waals surface area contributed by atoms with Crippen molar-refractivity contribution in [3.63, 3.8) is 0 Å². The van der Waals surface area contributed by atoms with Gasteiger partial charge in [0.25, 0.3) is 5.60 Å². The third-order valence-corrected chi connectivity index (χ3v) is 5.12. The van der Waals surface area contributed by atoms with Crippen molar-refractivity contribution in [3.05, 3.63) is 68.7 Å². The van der Waals surface area contributed by atoms with Crippen molar-refractivity contribution in [2.75, 3.05) is 0 Å².